The van der Waals surface area contributed by atoms with Gasteiger partial charge in [0.2, 0.25) is 0 Å². The topological polar surface area (TPSA) is 3.24 Å². The van der Waals surface area contributed by atoms with Gasteiger partial charge in [-0.2, -0.15) is 0 Å². The molecule has 3 unspecified atom stereocenters. The van der Waals surface area contributed by atoms with Gasteiger partial charge in [0.25, 0.3) is 0 Å². The van der Waals surface area contributed by atoms with Gasteiger partial charge in [0.1, 0.15) is 0 Å². The Morgan fingerprint density at radius 1 is 0.462 bits per heavy atom. The van der Waals surface area contributed by atoms with Crippen LogP contribution in [0.25, 0.3) is 0 Å². The highest BCUT2D eigenvalue weighted by Crippen LogP contribution is 2.22. The maximum absolute atomic E-state index is 2.90. The normalized spacial score (nSPS) is 15.3. The molecule has 0 saturated carbocycles. The van der Waals surface area contributed by atoms with E-state index in [0.29, 0.717) is 0 Å². The first-order valence-electron chi connectivity index (χ1n) is 12.4. The van der Waals surface area contributed by atoms with Crippen LogP contribution in [0.4, 0.5) is 0 Å². The van der Waals surface area contributed by atoms with Crippen LogP contribution in [-0.2, 0) is 0 Å². The third-order valence-corrected chi connectivity index (χ3v) is 6.43. The van der Waals surface area contributed by atoms with Crippen LogP contribution >= 0.6 is 0 Å². The van der Waals surface area contributed by atoms with Gasteiger partial charge in [0, 0.05) is 19.6 Å². The zero-order valence-electron chi connectivity index (χ0n) is 19.5. The standard InChI is InChI=1S/C25H53N/c1-7-13-16-19-25(12-6)22-26(20-23(10-4)17-14-8-2)21-24(11-5)18-15-9-3/h23-25H,7-22H2,1-6H3. The summed E-state index contributed by atoms with van der Waals surface area (Å²) in [6, 6.07) is 0. The highest BCUT2D eigenvalue weighted by Gasteiger charge is 2.19. The SMILES string of the molecule is CCCCCC(CC)CN(CC(CC)CCCC)CC(CC)CCCC. The Labute approximate surface area is 167 Å². The lowest BCUT2D eigenvalue weighted by Crippen LogP contribution is -2.37. The molecule has 0 N–H and O–H groups in total. The summed E-state index contributed by atoms with van der Waals surface area (Å²) in [6.45, 7) is 18.3. The van der Waals surface area contributed by atoms with E-state index < -0.39 is 0 Å². The molecule has 0 aromatic heterocycles. The summed E-state index contributed by atoms with van der Waals surface area (Å²) in [5.41, 5.74) is 0. The minimum atomic E-state index is 0.909. The van der Waals surface area contributed by atoms with E-state index in [1.807, 2.05) is 0 Å². The van der Waals surface area contributed by atoms with Gasteiger partial charge in [-0.15, -0.1) is 0 Å². The van der Waals surface area contributed by atoms with E-state index in [9.17, 15) is 0 Å². The van der Waals surface area contributed by atoms with E-state index in [2.05, 4.69) is 46.4 Å². The van der Waals surface area contributed by atoms with Crippen molar-refractivity contribution in [1.29, 1.82) is 0 Å². The van der Waals surface area contributed by atoms with Crippen LogP contribution in [0.2, 0.25) is 0 Å². The van der Waals surface area contributed by atoms with Crippen LogP contribution in [0.3, 0.4) is 0 Å². The predicted octanol–water partition coefficient (Wildman–Crippen LogP) is 8.33. The van der Waals surface area contributed by atoms with Crippen molar-refractivity contribution in [2.75, 3.05) is 19.6 Å². The molecule has 0 aliphatic carbocycles. The third-order valence-electron chi connectivity index (χ3n) is 6.43. The smallest absolute Gasteiger partial charge is 0.000979 e. The molecule has 0 spiro atoms. The molecule has 26 heavy (non-hydrogen) atoms. The molecule has 3 atom stereocenters. The summed E-state index contributed by atoms with van der Waals surface area (Å²) in [4.78, 5) is 2.90. The summed E-state index contributed by atoms with van der Waals surface area (Å²) in [6.07, 6.45) is 18.1. The highest BCUT2D eigenvalue weighted by molar-refractivity contribution is 4.73. The van der Waals surface area contributed by atoms with Gasteiger partial charge in [0.15, 0.2) is 0 Å². The molecule has 0 amide bonds. The zero-order chi connectivity index (χ0) is 19.6. The fraction of sp³-hybridized carbons (Fsp3) is 1.00. The number of rotatable bonds is 19. The van der Waals surface area contributed by atoms with Gasteiger partial charge >= 0.3 is 0 Å². The summed E-state index contributed by atoms with van der Waals surface area (Å²) < 4.78 is 0. The Hall–Kier alpha value is -0.0400. The fourth-order valence-corrected chi connectivity index (χ4v) is 4.26. The summed E-state index contributed by atoms with van der Waals surface area (Å²) in [5, 5.41) is 0. The van der Waals surface area contributed by atoms with Crippen LogP contribution < -0.4 is 0 Å². The van der Waals surface area contributed by atoms with Crippen LogP contribution in [0, 0.1) is 17.8 Å². The molecule has 0 rings (SSSR count). The molecule has 0 bridgehead atoms. The third kappa shape index (κ3) is 13.2. The van der Waals surface area contributed by atoms with Crippen molar-refractivity contribution >= 4 is 0 Å². The summed E-state index contributed by atoms with van der Waals surface area (Å²) >= 11 is 0. The van der Waals surface area contributed by atoms with Gasteiger partial charge in [-0.3, -0.25) is 0 Å². The lowest BCUT2D eigenvalue weighted by atomic mass is 9.93. The zero-order valence-corrected chi connectivity index (χ0v) is 19.5. The number of nitrogens with zero attached hydrogens (tertiary/aromatic N) is 1. The van der Waals surface area contributed by atoms with Crippen LogP contribution in [0.5, 0.6) is 0 Å². The summed E-state index contributed by atoms with van der Waals surface area (Å²) in [5.74, 6) is 2.73. The maximum atomic E-state index is 2.90. The predicted molar refractivity (Wildman–Crippen MR) is 121 cm³/mol. The van der Waals surface area contributed by atoms with Crippen molar-refractivity contribution in [2.45, 2.75) is 125 Å². The lowest BCUT2D eigenvalue weighted by Gasteiger charge is -2.33. The molecule has 0 aliphatic rings. The Bertz CT molecular complexity index is 257. The van der Waals surface area contributed by atoms with E-state index in [1.54, 1.807) is 0 Å². The van der Waals surface area contributed by atoms with Gasteiger partial charge in [-0.25, -0.2) is 0 Å². The molecule has 0 aromatic rings. The van der Waals surface area contributed by atoms with Gasteiger partial charge in [-0.1, -0.05) is 106 Å². The average molecular weight is 368 g/mol. The second kappa shape index (κ2) is 18.3. The van der Waals surface area contributed by atoms with Crippen molar-refractivity contribution in [1.82, 2.24) is 4.90 Å². The van der Waals surface area contributed by atoms with Gasteiger partial charge in [-0.05, 0) is 37.0 Å². The van der Waals surface area contributed by atoms with Gasteiger partial charge < -0.3 is 4.90 Å². The lowest BCUT2D eigenvalue weighted by molar-refractivity contribution is 0.151. The second-order valence-electron chi connectivity index (χ2n) is 8.82. The first kappa shape index (κ1) is 26.0. The Balaban J connectivity index is 4.81. The van der Waals surface area contributed by atoms with Crippen LogP contribution in [0.1, 0.15) is 125 Å². The molecule has 158 valence electrons. The highest BCUT2D eigenvalue weighted by atomic mass is 15.1. The second-order valence-corrected chi connectivity index (χ2v) is 8.82. The minimum absolute atomic E-state index is 0.909. The molecule has 1 nitrogen and oxygen atoms in total. The Kier molecular flexibility index (Phi) is 18.3. The van der Waals surface area contributed by atoms with Crippen molar-refractivity contribution in [3.8, 4) is 0 Å². The van der Waals surface area contributed by atoms with E-state index >= 15 is 0 Å². The minimum Gasteiger partial charge on any atom is -0.303 e. The van der Waals surface area contributed by atoms with Crippen molar-refractivity contribution in [3.05, 3.63) is 0 Å². The number of hydrogen-bond acceptors (Lipinski definition) is 1. The molecular formula is C25H53N. The van der Waals surface area contributed by atoms with Crippen LogP contribution in [0.15, 0.2) is 0 Å². The molecule has 1 heteroatoms. The van der Waals surface area contributed by atoms with E-state index in [4.69, 9.17) is 0 Å². The molecular weight excluding hydrogens is 314 g/mol. The fourth-order valence-electron chi connectivity index (χ4n) is 4.26. The van der Waals surface area contributed by atoms with E-state index in [1.165, 1.54) is 103 Å². The molecule has 0 aliphatic heterocycles. The molecule has 0 fully saturated rings. The van der Waals surface area contributed by atoms with E-state index in [0.717, 1.165) is 17.8 Å². The van der Waals surface area contributed by atoms with E-state index in [-0.39, 0.29) is 0 Å². The number of unbranched alkanes of at least 4 members (excludes halogenated alkanes) is 4. The Morgan fingerprint density at radius 3 is 1.12 bits per heavy atom. The first-order valence-corrected chi connectivity index (χ1v) is 12.4. The number of hydrogen-bond donors (Lipinski definition) is 0. The molecule has 0 heterocycles. The van der Waals surface area contributed by atoms with Crippen molar-refractivity contribution in [2.24, 2.45) is 17.8 Å². The van der Waals surface area contributed by atoms with Crippen molar-refractivity contribution < 1.29 is 0 Å². The van der Waals surface area contributed by atoms with Crippen molar-refractivity contribution in [3.63, 3.8) is 0 Å². The van der Waals surface area contributed by atoms with Gasteiger partial charge in [0.05, 0.1) is 0 Å². The maximum Gasteiger partial charge on any atom is 0.000979 e. The molecule has 0 saturated heterocycles. The summed E-state index contributed by atoms with van der Waals surface area (Å²) in [7, 11) is 0. The largest absolute Gasteiger partial charge is 0.303 e. The monoisotopic (exact) mass is 367 g/mol. The Morgan fingerprint density at radius 2 is 0.808 bits per heavy atom. The molecule has 0 aromatic carbocycles. The first-order chi connectivity index (χ1) is 12.6. The average Bonchev–Trinajstić information content (AvgIpc) is 2.66. The molecule has 0 radical (unpaired) electrons. The quantitative estimate of drug-likeness (QED) is 0.207. The van der Waals surface area contributed by atoms with Crippen LogP contribution in [-0.4, -0.2) is 24.5 Å².